The Balaban J connectivity index is 1.50. The van der Waals surface area contributed by atoms with Gasteiger partial charge in [-0.25, -0.2) is 4.39 Å². The summed E-state index contributed by atoms with van der Waals surface area (Å²) in [5, 5.41) is 3.80. The minimum atomic E-state index is -0.328. The molecule has 0 saturated heterocycles. The van der Waals surface area contributed by atoms with Crippen molar-refractivity contribution in [2.75, 3.05) is 13.2 Å². The molecule has 1 N–H and O–H groups in total. The van der Waals surface area contributed by atoms with Crippen molar-refractivity contribution in [2.45, 2.75) is 38.8 Å². The van der Waals surface area contributed by atoms with Crippen LogP contribution < -0.4 is 10.1 Å². The topological polar surface area (TPSA) is 69.6 Å². The lowest BCUT2D eigenvalue weighted by molar-refractivity contribution is -0.143. The highest BCUT2D eigenvalue weighted by Crippen LogP contribution is 2.33. The summed E-state index contributed by atoms with van der Waals surface area (Å²) in [5.74, 6) is -0.203. The number of amides is 1. The van der Waals surface area contributed by atoms with Crippen molar-refractivity contribution < 1.29 is 23.5 Å². The number of esters is 1. The maximum Gasteiger partial charge on any atom is 0.325 e. The van der Waals surface area contributed by atoms with Crippen LogP contribution in [0.5, 0.6) is 5.75 Å². The quantitative estimate of drug-likeness (QED) is 0.591. The lowest BCUT2D eigenvalue weighted by Gasteiger charge is -2.25. The van der Waals surface area contributed by atoms with Gasteiger partial charge in [0.1, 0.15) is 18.1 Å². The highest BCUT2D eigenvalue weighted by molar-refractivity contribution is 5.87. The Kier molecular flexibility index (Phi) is 6.21. The number of fused-ring (bicyclic) bond motifs is 3. The van der Waals surface area contributed by atoms with Crippen LogP contribution in [-0.4, -0.2) is 35.7 Å². The molecule has 0 saturated carbocycles. The highest BCUT2D eigenvalue weighted by atomic mass is 19.1. The molecule has 1 aliphatic rings. The molecule has 0 radical (unpaired) electrons. The van der Waals surface area contributed by atoms with E-state index in [1.807, 2.05) is 22.8 Å². The van der Waals surface area contributed by atoms with E-state index in [0.717, 1.165) is 28.6 Å². The third kappa shape index (κ3) is 4.71. The minimum absolute atomic E-state index is 0.0629. The number of ether oxygens (including phenoxy) is 2. The summed E-state index contributed by atoms with van der Waals surface area (Å²) in [5.41, 5.74) is 2.78. The van der Waals surface area contributed by atoms with Crippen molar-refractivity contribution in [1.29, 1.82) is 0 Å². The first-order chi connectivity index (χ1) is 15.0. The second-order valence-electron chi connectivity index (χ2n) is 7.59. The van der Waals surface area contributed by atoms with Crippen LogP contribution in [-0.2, 0) is 33.7 Å². The average Bonchev–Trinajstić information content (AvgIpc) is 3.05. The maximum atomic E-state index is 14.0. The fraction of sp³-hybridized carbons (Fsp3) is 0.333. The standard InChI is InChI=1S/C24H25FN2O4/c1-2-30-24(29)14-27-21-10-8-16(25)12-19(21)20-13-17(9-11-22(20)27)26-23(28)15-31-18-6-4-3-5-7-18/h3-8,10,12,17H,2,9,11,13-15H2,1H3,(H,26,28)/t17-/m0/s1. The van der Waals surface area contributed by atoms with Gasteiger partial charge in [0.15, 0.2) is 6.61 Å². The van der Waals surface area contributed by atoms with Gasteiger partial charge in [0, 0.05) is 22.6 Å². The second kappa shape index (κ2) is 9.20. The van der Waals surface area contributed by atoms with Gasteiger partial charge in [0.2, 0.25) is 0 Å². The fourth-order valence-corrected chi connectivity index (χ4v) is 4.20. The summed E-state index contributed by atoms with van der Waals surface area (Å²) in [4.78, 5) is 24.5. The van der Waals surface area contributed by atoms with Crippen molar-refractivity contribution in [3.05, 3.63) is 65.6 Å². The molecule has 7 heteroatoms. The Bertz CT molecular complexity index is 1090. The first kappa shape index (κ1) is 20.9. The number of nitrogens with one attached hydrogen (secondary N) is 1. The first-order valence-electron chi connectivity index (χ1n) is 10.5. The zero-order valence-electron chi connectivity index (χ0n) is 17.4. The summed E-state index contributed by atoms with van der Waals surface area (Å²) < 4.78 is 26.5. The maximum absolute atomic E-state index is 14.0. The Morgan fingerprint density at radius 2 is 2.00 bits per heavy atom. The fourth-order valence-electron chi connectivity index (χ4n) is 4.20. The van der Waals surface area contributed by atoms with Gasteiger partial charge in [0.25, 0.3) is 5.91 Å². The van der Waals surface area contributed by atoms with E-state index in [4.69, 9.17) is 9.47 Å². The van der Waals surface area contributed by atoms with Crippen LogP contribution in [0.3, 0.4) is 0 Å². The molecule has 6 nitrogen and oxygen atoms in total. The number of para-hydroxylation sites is 1. The molecule has 0 fully saturated rings. The first-order valence-corrected chi connectivity index (χ1v) is 10.5. The van der Waals surface area contributed by atoms with Gasteiger partial charge < -0.3 is 19.4 Å². The van der Waals surface area contributed by atoms with E-state index in [2.05, 4.69) is 5.32 Å². The number of halogens is 1. The molecule has 0 spiro atoms. The molecule has 2 aromatic carbocycles. The van der Waals surface area contributed by atoms with Crippen LogP contribution in [0.25, 0.3) is 10.9 Å². The van der Waals surface area contributed by atoms with Crippen LogP contribution in [0.1, 0.15) is 24.6 Å². The van der Waals surface area contributed by atoms with Crippen molar-refractivity contribution in [1.82, 2.24) is 9.88 Å². The molecule has 0 bridgehead atoms. The molecule has 3 aromatic rings. The normalized spacial score (nSPS) is 15.4. The molecule has 1 aromatic heterocycles. The third-order valence-corrected chi connectivity index (χ3v) is 5.50. The van der Waals surface area contributed by atoms with E-state index in [0.29, 0.717) is 25.2 Å². The zero-order valence-corrected chi connectivity index (χ0v) is 17.4. The van der Waals surface area contributed by atoms with Gasteiger partial charge >= 0.3 is 5.97 Å². The van der Waals surface area contributed by atoms with Crippen molar-refractivity contribution in [2.24, 2.45) is 0 Å². The predicted molar refractivity (Wildman–Crippen MR) is 114 cm³/mol. The van der Waals surface area contributed by atoms with E-state index in [1.54, 1.807) is 25.1 Å². The van der Waals surface area contributed by atoms with Crippen LogP contribution in [0, 0.1) is 5.82 Å². The Morgan fingerprint density at radius 1 is 1.19 bits per heavy atom. The number of carbonyl (C=O) groups excluding carboxylic acids is 2. The van der Waals surface area contributed by atoms with Crippen molar-refractivity contribution in [3.8, 4) is 5.75 Å². The van der Waals surface area contributed by atoms with Gasteiger partial charge in [-0.05, 0) is 62.1 Å². The third-order valence-electron chi connectivity index (χ3n) is 5.50. The molecule has 31 heavy (non-hydrogen) atoms. The van der Waals surface area contributed by atoms with E-state index in [-0.39, 0.29) is 36.9 Å². The molecule has 1 atom stereocenters. The average molecular weight is 424 g/mol. The molecular formula is C24H25FN2O4. The second-order valence-corrected chi connectivity index (χ2v) is 7.59. The lowest BCUT2D eigenvalue weighted by Crippen LogP contribution is -2.41. The minimum Gasteiger partial charge on any atom is -0.484 e. The van der Waals surface area contributed by atoms with Crippen LogP contribution >= 0.6 is 0 Å². The summed E-state index contributed by atoms with van der Waals surface area (Å²) in [7, 11) is 0. The van der Waals surface area contributed by atoms with E-state index >= 15 is 0 Å². The van der Waals surface area contributed by atoms with Gasteiger partial charge in [0.05, 0.1) is 6.61 Å². The smallest absolute Gasteiger partial charge is 0.325 e. The van der Waals surface area contributed by atoms with Crippen LogP contribution in [0.4, 0.5) is 4.39 Å². The molecule has 1 aliphatic carbocycles. The molecule has 1 heterocycles. The van der Waals surface area contributed by atoms with E-state index in [1.165, 1.54) is 12.1 Å². The number of hydrogen-bond acceptors (Lipinski definition) is 4. The number of hydrogen-bond donors (Lipinski definition) is 1. The van der Waals surface area contributed by atoms with E-state index in [9.17, 15) is 14.0 Å². The summed E-state index contributed by atoms with van der Waals surface area (Å²) in [6.07, 6.45) is 1.98. The largest absolute Gasteiger partial charge is 0.484 e. The number of aromatic nitrogens is 1. The van der Waals surface area contributed by atoms with Gasteiger partial charge in [-0.15, -0.1) is 0 Å². The van der Waals surface area contributed by atoms with Crippen LogP contribution in [0.2, 0.25) is 0 Å². The number of benzene rings is 2. The van der Waals surface area contributed by atoms with Crippen molar-refractivity contribution in [3.63, 3.8) is 0 Å². The SMILES string of the molecule is CCOC(=O)Cn1c2c(c3cc(F)ccc31)C[C@@H](NC(=O)COc1ccccc1)CC2. The Morgan fingerprint density at radius 3 is 2.77 bits per heavy atom. The van der Waals surface area contributed by atoms with Crippen LogP contribution in [0.15, 0.2) is 48.5 Å². The number of nitrogens with zero attached hydrogens (tertiary/aromatic N) is 1. The van der Waals surface area contributed by atoms with Gasteiger partial charge in [-0.3, -0.25) is 9.59 Å². The molecule has 0 aliphatic heterocycles. The lowest BCUT2D eigenvalue weighted by atomic mass is 9.91. The summed E-state index contributed by atoms with van der Waals surface area (Å²) >= 11 is 0. The zero-order chi connectivity index (χ0) is 21.8. The monoisotopic (exact) mass is 424 g/mol. The molecule has 4 rings (SSSR count). The molecule has 162 valence electrons. The predicted octanol–water partition coefficient (Wildman–Crippen LogP) is 3.40. The molecule has 0 unspecified atom stereocenters. The van der Waals surface area contributed by atoms with Gasteiger partial charge in [-0.1, -0.05) is 18.2 Å². The molecule has 1 amide bonds. The Labute approximate surface area is 179 Å². The number of rotatable bonds is 7. The molecular weight excluding hydrogens is 399 g/mol. The number of carbonyl (C=O) groups is 2. The highest BCUT2D eigenvalue weighted by Gasteiger charge is 2.27. The van der Waals surface area contributed by atoms with Gasteiger partial charge in [-0.2, -0.15) is 0 Å². The summed E-state index contributed by atoms with van der Waals surface area (Å²) in [6.45, 7) is 2.11. The Hall–Kier alpha value is -3.35. The van der Waals surface area contributed by atoms with E-state index < -0.39 is 0 Å². The summed E-state index contributed by atoms with van der Waals surface area (Å²) in [6, 6.07) is 13.7. The van der Waals surface area contributed by atoms with Crippen molar-refractivity contribution >= 4 is 22.8 Å².